The maximum atomic E-state index is 13.3. The van der Waals surface area contributed by atoms with Crippen LogP contribution in [0.2, 0.25) is 0 Å². The molecule has 2 heterocycles. The molecular formula is C16H16F3N5. The summed E-state index contributed by atoms with van der Waals surface area (Å²) in [5.41, 5.74) is -0.566. The van der Waals surface area contributed by atoms with Gasteiger partial charge in [-0.1, -0.05) is 5.21 Å². The molecule has 0 aliphatic carbocycles. The number of benzene rings is 1. The fourth-order valence-electron chi connectivity index (χ4n) is 3.06. The minimum Gasteiger partial charge on any atom is -0.371 e. The van der Waals surface area contributed by atoms with Gasteiger partial charge in [0.2, 0.25) is 0 Å². The number of rotatable bonds is 3. The van der Waals surface area contributed by atoms with Gasteiger partial charge in [-0.05, 0) is 37.0 Å². The summed E-state index contributed by atoms with van der Waals surface area (Å²) in [4.78, 5) is 1.75. The molecule has 0 bridgehead atoms. The number of nitriles is 1. The first-order valence-electron chi connectivity index (χ1n) is 7.68. The van der Waals surface area contributed by atoms with Crippen LogP contribution in [-0.2, 0) is 12.7 Å². The van der Waals surface area contributed by atoms with Crippen LogP contribution in [0, 0.1) is 17.2 Å². The Morgan fingerprint density at radius 2 is 2.00 bits per heavy atom. The summed E-state index contributed by atoms with van der Waals surface area (Å²) >= 11 is 0. The highest BCUT2D eigenvalue weighted by atomic mass is 19.4. The molecule has 1 saturated heterocycles. The average Bonchev–Trinajstić information content (AvgIpc) is 3.07. The molecular weight excluding hydrogens is 319 g/mol. The van der Waals surface area contributed by atoms with Crippen molar-refractivity contribution in [2.75, 3.05) is 18.0 Å². The quantitative estimate of drug-likeness (QED) is 0.865. The molecule has 2 aromatic rings. The van der Waals surface area contributed by atoms with Crippen LogP contribution < -0.4 is 4.90 Å². The maximum Gasteiger partial charge on any atom is 0.418 e. The Kier molecular flexibility index (Phi) is 4.42. The summed E-state index contributed by atoms with van der Waals surface area (Å²) in [6, 6.07) is 5.53. The Labute approximate surface area is 137 Å². The van der Waals surface area contributed by atoms with Crippen molar-refractivity contribution in [1.29, 1.82) is 5.26 Å². The maximum absolute atomic E-state index is 13.3. The highest BCUT2D eigenvalue weighted by Crippen LogP contribution is 2.38. The van der Waals surface area contributed by atoms with Crippen LogP contribution in [0.3, 0.4) is 0 Å². The normalized spacial score (nSPS) is 16.2. The lowest BCUT2D eigenvalue weighted by Gasteiger charge is -2.35. The second-order valence-electron chi connectivity index (χ2n) is 5.90. The number of hydrogen-bond acceptors (Lipinski definition) is 4. The Morgan fingerprint density at radius 3 is 2.58 bits per heavy atom. The molecule has 5 nitrogen and oxygen atoms in total. The van der Waals surface area contributed by atoms with Crippen LogP contribution in [0.5, 0.6) is 0 Å². The van der Waals surface area contributed by atoms with Gasteiger partial charge < -0.3 is 4.90 Å². The highest BCUT2D eigenvalue weighted by Gasteiger charge is 2.36. The number of aromatic nitrogens is 3. The molecule has 3 rings (SSSR count). The van der Waals surface area contributed by atoms with E-state index in [0.717, 1.165) is 25.5 Å². The van der Waals surface area contributed by atoms with E-state index in [4.69, 9.17) is 5.26 Å². The first-order chi connectivity index (χ1) is 11.5. The summed E-state index contributed by atoms with van der Waals surface area (Å²) < 4.78 is 41.6. The third-order valence-electron chi connectivity index (χ3n) is 4.30. The van der Waals surface area contributed by atoms with E-state index in [1.807, 2.05) is 0 Å². The summed E-state index contributed by atoms with van der Waals surface area (Å²) in [7, 11) is 0. The van der Waals surface area contributed by atoms with E-state index >= 15 is 0 Å². The molecule has 8 heteroatoms. The molecule has 0 atom stereocenters. The van der Waals surface area contributed by atoms with Crippen molar-refractivity contribution in [3.8, 4) is 6.07 Å². The third-order valence-corrected chi connectivity index (χ3v) is 4.30. The van der Waals surface area contributed by atoms with E-state index in [0.29, 0.717) is 19.0 Å². The predicted octanol–water partition coefficient (Wildman–Crippen LogP) is 3.09. The predicted molar refractivity (Wildman–Crippen MR) is 81.1 cm³/mol. The van der Waals surface area contributed by atoms with Gasteiger partial charge in [-0.15, -0.1) is 5.10 Å². The molecule has 0 N–H and O–H groups in total. The summed E-state index contributed by atoms with van der Waals surface area (Å²) in [6.07, 6.45) is 0.504. The van der Waals surface area contributed by atoms with E-state index in [2.05, 4.69) is 10.3 Å². The van der Waals surface area contributed by atoms with Crippen molar-refractivity contribution in [3.05, 3.63) is 41.7 Å². The van der Waals surface area contributed by atoms with Crippen molar-refractivity contribution in [2.45, 2.75) is 25.6 Å². The van der Waals surface area contributed by atoms with Gasteiger partial charge in [0.05, 0.1) is 23.4 Å². The lowest BCUT2D eigenvalue weighted by molar-refractivity contribution is -0.137. The molecule has 0 radical (unpaired) electrons. The van der Waals surface area contributed by atoms with Crippen LogP contribution >= 0.6 is 0 Å². The lowest BCUT2D eigenvalue weighted by atomic mass is 9.95. The van der Waals surface area contributed by atoms with Crippen molar-refractivity contribution in [2.24, 2.45) is 5.92 Å². The van der Waals surface area contributed by atoms with Gasteiger partial charge >= 0.3 is 6.18 Å². The van der Waals surface area contributed by atoms with Gasteiger partial charge in [0.25, 0.3) is 0 Å². The number of alkyl halides is 3. The Bertz CT molecular complexity index is 725. The summed E-state index contributed by atoms with van der Waals surface area (Å²) in [5, 5.41) is 16.5. The number of halogens is 3. The second-order valence-corrected chi connectivity index (χ2v) is 5.90. The summed E-state index contributed by atoms with van der Waals surface area (Å²) in [6.45, 7) is 1.83. The Balaban J connectivity index is 1.73. The molecule has 1 aliphatic heterocycles. The third kappa shape index (κ3) is 3.50. The smallest absolute Gasteiger partial charge is 0.371 e. The van der Waals surface area contributed by atoms with Gasteiger partial charge in [0, 0.05) is 31.5 Å². The van der Waals surface area contributed by atoms with Gasteiger partial charge in [-0.25, -0.2) is 0 Å². The fourth-order valence-corrected chi connectivity index (χ4v) is 3.06. The Hall–Kier alpha value is -2.56. The van der Waals surface area contributed by atoms with Crippen molar-refractivity contribution >= 4 is 5.69 Å². The molecule has 0 spiro atoms. The molecule has 1 fully saturated rings. The van der Waals surface area contributed by atoms with Crippen molar-refractivity contribution in [1.82, 2.24) is 15.0 Å². The van der Waals surface area contributed by atoms with Gasteiger partial charge in [0.15, 0.2) is 0 Å². The number of hydrogen-bond donors (Lipinski definition) is 0. The van der Waals surface area contributed by atoms with E-state index in [-0.39, 0.29) is 11.3 Å². The van der Waals surface area contributed by atoms with Crippen LogP contribution in [0.1, 0.15) is 24.0 Å². The topological polar surface area (TPSA) is 57.7 Å². The minimum atomic E-state index is -4.47. The van der Waals surface area contributed by atoms with E-state index < -0.39 is 11.7 Å². The van der Waals surface area contributed by atoms with E-state index in [9.17, 15) is 13.2 Å². The Morgan fingerprint density at radius 1 is 1.25 bits per heavy atom. The van der Waals surface area contributed by atoms with Crippen LogP contribution in [0.25, 0.3) is 0 Å². The molecule has 126 valence electrons. The van der Waals surface area contributed by atoms with Gasteiger partial charge in [-0.3, -0.25) is 4.68 Å². The molecule has 24 heavy (non-hydrogen) atoms. The minimum absolute atomic E-state index is 0.0205. The first-order valence-corrected chi connectivity index (χ1v) is 7.68. The zero-order valence-corrected chi connectivity index (χ0v) is 12.9. The van der Waals surface area contributed by atoms with Crippen LogP contribution in [-0.4, -0.2) is 28.1 Å². The second kappa shape index (κ2) is 6.51. The zero-order valence-electron chi connectivity index (χ0n) is 12.9. The fraction of sp³-hybridized carbons (Fsp3) is 0.438. The van der Waals surface area contributed by atoms with E-state index in [1.165, 1.54) is 12.1 Å². The molecule has 1 aromatic carbocycles. The average molecular weight is 335 g/mol. The van der Waals surface area contributed by atoms with Crippen molar-refractivity contribution < 1.29 is 13.2 Å². The van der Waals surface area contributed by atoms with Crippen molar-refractivity contribution in [3.63, 3.8) is 0 Å². The molecule has 0 amide bonds. The number of piperidine rings is 1. The number of anilines is 1. The molecule has 0 saturated carbocycles. The first kappa shape index (κ1) is 16.3. The monoisotopic (exact) mass is 335 g/mol. The van der Waals surface area contributed by atoms with Crippen LogP contribution in [0.15, 0.2) is 30.6 Å². The molecule has 1 aromatic heterocycles. The van der Waals surface area contributed by atoms with Crippen LogP contribution in [0.4, 0.5) is 18.9 Å². The standard InChI is InChI=1S/C16H16F3N5/c17-16(18,19)14-9-13(10-20)1-2-15(14)23-6-3-12(4-7-23)11-24-8-5-21-22-24/h1-2,5,8-9,12H,3-4,6-7,11H2. The highest BCUT2D eigenvalue weighted by molar-refractivity contribution is 5.58. The van der Waals surface area contributed by atoms with Gasteiger partial charge in [-0.2, -0.15) is 18.4 Å². The number of nitrogens with zero attached hydrogens (tertiary/aromatic N) is 5. The lowest BCUT2D eigenvalue weighted by Crippen LogP contribution is -2.36. The van der Waals surface area contributed by atoms with Gasteiger partial charge in [0.1, 0.15) is 0 Å². The molecule has 0 unspecified atom stereocenters. The zero-order chi connectivity index (χ0) is 17.2. The van der Waals surface area contributed by atoms with E-state index in [1.54, 1.807) is 28.0 Å². The SMILES string of the molecule is N#Cc1ccc(N2CCC(Cn3ccnn3)CC2)c(C(F)(F)F)c1. The largest absolute Gasteiger partial charge is 0.418 e. The molecule has 1 aliphatic rings. The summed E-state index contributed by atoms with van der Waals surface area (Å²) in [5.74, 6) is 0.371.